The summed E-state index contributed by atoms with van der Waals surface area (Å²) in [6.45, 7) is 15.6. The highest BCUT2D eigenvalue weighted by Crippen LogP contribution is 2.34. The molecule has 0 radical (unpaired) electrons. The summed E-state index contributed by atoms with van der Waals surface area (Å²) in [5.74, 6) is 0.330. The number of ether oxygens (including phenoxy) is 3. The predicted octanol–water partition coefficient (Wildman–Crippen LogP) is 6.24. The molecular formula is C23H34N2O4. The second-order valence-electron chi connectivity index (χ2n) is 4.82. The van der Waals surface area contributed by atoms with Crippen LogP contribution in [0.25, 0.3) is 0 Å². The fraction of sp³-hybridized carbons (Fsp3) is 0.435. The Balaban J connectivity index is 0. The van der Waals surface area contributed by atoms with E-state index in [1.807, 2.05) is 54.5 Å². The maximum absolute atomic E-state index is 12.0. The number of hydrogen-bond donors (Lipinski definition) is 0. The molecule has 2 rings (SSSR count). The van der Waals surface area contributed by atoms with Crippen molar-refractivity contribution < 1.29 is 19.0 Å². The van der Waals surface area contributed by atoms with Gasteiger partial charge in [0.25, 0.3) is 0 Å². The van der Waals surface area contributed by atoms with E-state index >= 15 is 0 Å². The van der Waals surface area contributed by atoms with Gasteiger partial charge in [-0.1, -0.05) is 41.5 Å². The molecule has 0 N–H and O–H groups in total. The molecule has 0 aliphatic heterocycles. The van der Waals surface area contributed by atoms with Gasteiger partial charge in [0.05, 0.1) is 25.9 Å². The normalized spacial score (nSPS) is 8.45. The zero-order chi connectivity index (χ0) is 23.0. The van der Waals surface area contributed by atoms with E-state index in [-0.39, 0.29) is 11.4 Å². The van der Waals surface area contributed by atoms with Crippen molar-refractivity contribution in [1.29, 1.82) is 5.26 Å². The molecule has 6 nitrogen and oxygen atoms in total. The molecule has 0 fully saturated rings. The zero-order valence-corrected chi connectivity index (χ0v) is 19.3. The van der Waals surface area contributed by atoms with Gasteiger partial charge in [0.15, 0.2) is 11.5 Å². The lowest BCUT2D eigenvalue weighted by atomic mass is 10.1. The van der Waals surface area contributed by atoms with Crippen molar-refractivity contribution >= 4 is 5.97 Å². The third kappa shape index (κ3) is 7.82. The van der Waals surface area contributed by atoms with E-state index < -0.39 is 5.97 Å². The number of carbonyl (C=O) groups excluding carboxylic acids is 1. The van der Waals surface area contributed by atoms with E-state index in [9.17, 15) is 4.79 Å². The van der Waals surface area contributed by atoms with Gasteiger partial charge < -0.3 is 14.2 Å². The molecule has 0 spiro atoms. The summed E-state index contributed by atoms with van der Waals surface area (Å²) in [4.78, 5) is 16.2. The average molecular weight is 403 g/mol. The van der Waals surface area contributed by atoms with Crippen molar-refractivity contribution in [3.05, 3.63) is 46.6 Å². The quantitative estimate of drug-likeness (QED) is 0.563. The van der Waals surface area contributed by atoms with Crippen molar-refractivity contribution in [3.63, 3.8) is 0 Å². The highest BCUT2D eigenvalue weighted by molar-refractivity contribution is 5.93. The van der Waals surface area contributed by atoms with Crippen molar-refractivity contribution in [1.82, 2.24) is 4.98 Å². The van der Waals surface area contributed by atoms with Crippen LogP contribution in [-0.4, -0.2) is 25.2 Å². The van der Waals surface area contributed by atoms with Crippen LogP contribution in [0.5, 0.6) is 17.4 Å². The van der Waals surface area contributed by atoms with E-state index in [2.05, 4.69) is 4.98 Å². The standard InChI is InChI=1S/C17H16N2O4.3C2H6/c1-10-9-19-16(15(11(10)2)17(20)22-4)23-13-6-5-12(8-18)7-14(13)21-3;3*1-2/h5-7,9H,1-4H3;3*1-2H3. The first-order valence-corrected chi connectivity index (χ1v) is 9.82. The zero-order valence-electron chi connectivity index (χ0n) is 19.3. The number of nitrogens with zero attached hydrogens (tertiary/aromatic N) is 2. The topological polar surface area (TPSA) is 81.4 Å². The average Bonchev–Trinajstić information content (AvgIpc) is 2.80. The van der Waals surface area contributed by atoms with Crippen LogP contribution in [0.2, 0.25) is 0 Å². The Labute approximate surface area is 175 Å². The monoisotopic (exact) mass is 402 g/mol. The maximum Gasteiger partial charge on any atom is 0.343 e. The Morgan fingerprint density at radius 2 is 1.59 bits per heavy atom. The molecule has 29 heavy (non-hydrogen) atoms. The SMILES string of the molecule is CC.CC.CC.COC(=O)c1c(Oc2ccc(C#N)cc2OC)ncc(C)c1C. The number of hydrogen-bond acceptors (Lipinski definition) is 6. The molecule has 0 aliphatic rings. The molecule has 0 saturated carbocycles. The number of aryl methyl sites for hydroxylation is 1. The minimum Gasteiger partial charge on any atom is -0.493 e. The third-order valence-electron chi connectivity index (χ3n) is 3.44. The summed E-state index contributed by atoms with van der Waals surface area (Å²) in [5.41, 5.74) is 2.29. The summed E-state index contributed by atoms with van der Waals surface area (Å²) >= 11 is 0. The Kier molecular flexibility index (Phi) is 15.5. The van der Waals surface area contributed by atoms with Crippen LogP contribution in [-0.2, 0) is 4.74 Å². The fourth-order valence-corrected chi connectivity index (χ4v) is 2.02. The first-order chi connectivity index (χ1) is 14.0. The van der Waals surface area contributed by atoms with Crippen molar-refractivity contribution in [2.75, 3.05) is 14.2 Å². The predicted molar refractivity (Wildman–Crippen MR) is 117 cm³/mol. The number of methoxy groups -OCH3 is 2. The molecule has 160 valence electrons. The van der Waals surface area contributed by atoms with Gasteiger partial charge in [-0.2, -0.15) is 5.26 Å². The number of pyridine rings is 1. The summed E-state index contributed by atoms with van der Waals surface area (Å²) in [6, 6.07) is 6.76. The Morgan fingerprint density at radius 1 is 1.00 bits per heavy atom. The van der Waals surface area contributed by atoms with Gasteiger partial charge in [-0.15, -0.1) is 0 Å². The molecule has 6 heteroatoms. The van der Waals surface area contributed by atoms with Gasteiger partial charge in [-0.05, 0) is 37.1 Å². The van der Waals surface area contributed by atoms with E-state index in [4.69, 9.17) is 19.5 Å². The molecule has 0 unspecified atom stereocenters. The first-order valence-electron chi connectivity index (χ1n) is 9.82. The van der Waals surface area contributed by atoms with Crippen LogP contribution in [0.15, 0.2) is 24.4 Å². The molecule has 0 saturated heterocycles. The summed E-state index contributed by atoms with van der Waals surface area (Å²) in [5, 5.41) is 8.93. The van der Waals surface area contributed by atoms with Crippen LogP contribution in [0, 0.1) is 25.2 Å². The number of nitriles is 1. The van der Waals surface area contributed by atoms with Gasteiger partial charge >= 0.3 is 5.97 Å². The molecular weight excluding hydrogens is 368 g/mol. The lowest BCUT2D eigenvalue weighted by Crippen LogP contribution is -2.09. The summed E-state index contributed by atoms with van der Waals surface area (Å²) in [7, 11) is 2.77. The highest BCUT2D eigenvalue weighted by Gasteiger charge is 2.21. The molecule has 1 heterocycles. The smallest absolute Gasteiger partial charge is 0.343 e. The van der Waals surface area contributed by atoms with Gasteiger partial charge in [-0.3, -0.25) is 0 Å². The van der Waals surface area contributed by atoms with Gasteiger partial charge in [-0.25, -0.2) is 9.78 Å². The van der Waals surface area contributed by atoms with E-state index in [0.29, 0.717) is 17.1 Å². The molecule has 0 amide bonds. The number of rotatable bonds is 4. The van der Waals surface area contributed by atoms with E-state index in [0.717, 1.165) is 11.1 Å². The highest BCUT2D eigenvalue weighted by atomic mass is 16.5. The van der Waals surface area contributed by atoms with Crippen LogP contribution < -0.4 is 9.47 Å². The molecule has 0 bridgehead atoms. The van der Waals surface area contributed by atoms with Crippen LogP contribution in [0.3, 0.4) is 0 Å². The fourth-order valence-electron chi connectivity index (χ4n) is 2.02. The Hall–Kier alpha value is -3.07. The molecule has 2 aromatic rings. The second-order valence-corrected chi connectivity index (χ2v) is 4.82. The van der Waals surface area contributed by atoms with Crippen molar-refractivity contribution in [3.8, 4) is 23.4 Å². The van der Waals surface area contributed by atoms with Crippen LogP contribution >= 0.6 is 0 Å². The lowest BCUT2D eigenvalue weighted by Gasteiger charge is -2.14. The van der Waals surface area contributed by atoms with E-state index in [1.54, 1.807) is 31.3 Å². The maximum atomic E-state index is 12.0. The van der Waals surface area contributed by atoms with Gasteiger partial charge in [0.2, 0.25) is 5.88 Å². The van der Waals surface area contributed by atoms with Crippen molar-refractivity contribution in [2.45, 2.75) is 55.4 Å². The minimum absolute atomic E-state index is 0.128. The van der Waals surface area contributed by atoms with Gasteiger partial charge in [0, 0.05) is 12.3 Å². The van der Waals surface area contributed by atoms with Crippen LogP contribution in [0.4, 0.5) is 0 Å². The Morgan fingerprint density at radius 3 is 2.07 bits per heavy atom. The largest absolute Gasteiger partial charge is 0.493 e. The van der Waals surface area contributed by atoms with Gasteiger partial charge in [0.1, 0.15) is 5.56 Å². The molecule has 0 aliphatic carbocycles. The summed E-state index contributed by atoms with van der Waals surface area (Å²) in [6.07, 6.45) is 1.62. The molecule has 0 atom stereocenters. The third-order valence-corrected chi connectivity index (χ3v) is 3.44. The first kappa shape index (κ1) is 28.1. The Bertz CT molecular complexity index is 796. The minimum atomic E-state index is -0.527. The number of benzene rings is 1. The number of carbonyl (C=O) groups is 1. The summed E-state index contributed by atoms with van der Waals surface area (Å²) < 4.78 is 15.8. The van der Waals surface area contributed by atoms with Crippen molar-refractivity contribution in [2.24, 2.45) is 0 Å². The number of esters is 1. The van der Waals surface area contributed by atoms with E-state index in [1.165, 1.54) is 14.2 Å². The second kappa shape index (κ2) is 15.9. The number of aromatic nitrogens is 1. The molecule has 1 aromatic heterocycles. The van der Waals surface area contributed by atoms with Crippen LogP contribution in [0.1, 0.15) is 68.6 Å². The molecule has 1 aromatic carbocycles. The lowest BCUT2D eigenvalue weighted by molar-refractivity contribution is 0.0596.